The predicted octanol–water partition coefficient (Wildman–Crippen LogP) is 0.806. The van der Waals surface area contributed by atoms with Crippen LogP contribution in [0.5, 0.6) is 11.5 Å². The van der Waals surface area contributed by atoms with Crippen LogP contribution in [0, 0.1) is 23.7 Å². The number of allylic oxidation sites excluding steroid dienone is 2. The van der Waals surface area contributed by atoms with Gasteiger partial charge in [0.15, 0.2) is 28.5 Å². The average Bonchev–Trinajstić information content (AvgIpc) is 3.28. The van der Waals surface area contributed by atoms with Crippen LogP contribution in [0.15, 0.2) is 106 Å². The zero-order chi connectivity index (χ0) is 47.8. The summed E-state index contributed by atoms with van der Waals surface area (Å²) in [6, 6.07) is 11.2. The largest absolute Gasteiger partial charge is 0.510 e. The van der Waals surface area contributed by atoms with Gasteiger partial charge in [0.25, 0.3) is 11.8 Å². The van der Waals surface area contributed by atoms with Crippen molar-refractivity contribution in [3.8, 4) is 11.5 Å². The van der Waals surface area contributed by atoms with Crippen LogP contribution in [0.3, 0.4) is 0 Å². The van der Waals surface area contributed by atoms with Gasteiger partial charge in [-0.05, 0) is 41.7 Å². The number of methoxy groups -OCH3 is 1. The number of ketones is 4. The molecule has 0 radical (unpaired) electrons. The van der Waals surface area contributed by atoms with Crippen molar-refractivity contribution in [2.75, 3.05) is 12.4 Å². The molecule has 2 amide bonds. The average molecular weight is 905 g/mol. The number of phenols is 2. The van der Waals surface area contributed by atoms with Crippen LogP contribution in [-0.4, -0.2) is 112 Å². The Bertz CT molecular complexity index is 2950. The Hall–Kier alpha value is -7.65. The molecule has 66 heavy (non-hydrogen) atoms. The highest BCUT2D eigenvalue weighted by Gasteiger charge is 2.66. The van der Waals surface area contributed by atoms with Gasteiger partial charge in [-0.3, -0.25) is 33.6 Å². The van der Waals surface area contributed by atoms with Gasteiger partial charge in [-0.1, -0.05) is 48.5 Å². The molecule has 0 bridgehead atoms. The molecule has 0 spiro atoms. The quantitative estimate of drug-likeness (QED) is 0.0957. The standard InChI is InChI=1S/C46H40N4O16/c1-66-44(63)24-15-8-5-9-22(51)25(15)34(53)28-18(24)13-20-32(48)37(56)30(41(60)46(20,65)39(28)58)43(62)50-21-11-10-16-23(14-6-3-2-4-7-14)17-12-19-31(47)36(55)29(42(49)61)40(59)45(19,64)38(57)27(17)35(54)26(16)33(21)52/h2-11,17-20,23-24,31-32,51-52,55-58,64-65H,12-13,47-48H2,1H3,(H2,49,61)(H,50,62)/t17-,18-,19+,20+,23-,24-,31+,32+,45+,46+/m1/s1. The summed E-state index contributed by atoms with van der Waals surface area (Å²) in [7, 11) is 1.06. The number of fused-ring (bicyclic) bond motifs is 6. The van der Waals surface area contributed by atoms with E-state index in [0.717, 1.165) is 19.2 Å². The smallest absolute Gasteiger partial charge is 0.313 e. The van der Waals surface area contributed by atoms with Crippen LogP contribution in [0.25, 0.3) is 0 Å². The Balaban J connectivity index is 1.13. The van der Waals surface area contributed by atoms with Crippen LogP contribution >= 0.6 is 0 Å². The number of amides is 2. The molecule has 20 nitrogen and oxygen atoms in total. The number of anilines is 1. The molecule has 0 heterocycles. The number of carbonyl (C=O) groups excluding carboxylic acids is 7. The van der Waals surface area contributed by atoms with Crippen molar-refractivity contribution in [3.63, 3.8) is 0 Å². The van der Waals surface area contributed by atoms with E-state index in [0.29, 0.717) is 5.56 Å². The second-order valence-corrected chi connectivity index (χ2v) is 17.2. The first-order valence-corrected chi connectivity index (χ1v) is 20.5. The molecular formula is C46H40N4O16. The van der Waals surface area contributed by atoms with Crippen molar-refractivity contribution < 1.29 is 79.2 Å². The topological polar surface area (TPSA) is 381 Å². The number of aromatic hydroxyl groups is 2. The van der Waals surface area contributed by atoms with Gasteiger partial charge in [-0.15, -0.1) is 0 Å². The number of carbonyl (C=O) groups is 7. The summed E-state index contributed by atoms with van der Waals surface area (Å²) in [5.41, 5.74) is 7.27. The van der Waals surface area contributed by atoms with E-state index in [9.17, 15) is 74.4 Å². The molecule has 0 unspecified atom stereocenters. The number of hydrogen-bond donors (Lipinski definition) is 12. The van der Waals surface area contributed by atoms with Crippen molar-refractivity contribution in [3.05, 3.63) is 134 Å². The maximum absolute atomic E-state index is 14.6. The summed E-state index contributed by atoms with van der Waals surface area (Å²) >= 11 is 0. The summed E-state index contributed by atoms with van der Waals surface area (Å²) < 4.78 is 4.98. The number of primary amides is 1. The zero-order valence-electron chi connectivity index (χ0n) is 34.4. The minimum atomic E-state index is -3.18. The van der Waals surface area contributed by atoms with Gasteiger partial charge < -0.3 is 68.1 Å². The van der Waals surface area contributed by atoms with Crippen molar-refractivity contribution in [1.82, 2.24) is 0 Å². The second-order valence-electron chi connectivity index (χ2n) is 17.2. The number of esters is 1. The van der Waals surface area contributed by atoms with Gasteiger partial charge in [0, 0.05) is 40.7 Å². The number of aliphatic hydroxyl groups is 6. The summed E-state index contributed by atoms with van der Waals surface area (Å²) in [5, 5.41) is 94.7. The third-order valence-corrected chi connectivity index (χ3v) is 14.3. The zero-order valence-corrected chi connectivity index (χ0v) is 34.4. The van der Waals surface area contributed by atoms with E-state index in [-0.39, 0.29) is 17.5 Å². The molecule has 3 aromatic rings. The lowest BCUT2D eigenvalue weighted by Gasteiger charge is -2.49. The van der Waals surface area contributed by atoms with Gasteiger partial charge >= 0.3 is 5.97 Å². The van der Waals surface area contributed by atoms with Gasteiger partial charge in [0.05, 0.1) is 41.9 Å². The van der Waals surface area contributed by atoms with Gasteiger partial charge in [-0.2, -0.15) is 0 Å². The fraction of sp³-hybridized carbons (Fsp3) is 0.283. The molecule has 6 aliphatic rings. The number of hydrogen-bond acceptors (Lipinski definition) is 18. The summed E-state index contributed by atoms with van der Waals surface area (Å²) in [5.74, 6) is -23.3. The highest BCUT2D eigenvalue weighted by Crippen LogP contribution is 2.58. The number of ether oxygens (including phenoxy) is 1. The first-order chi connectivity index (χ1) is 31.2. The number of Topliss-reactive ketones (excluding diaryl/α,β-unsaturated/α-hetero) is 4. The van der Waals surface area contributed by atoms with Crippen LogP contribution in [0.2, 0.25) is 0 Å². The van der Waals surface area contributed by atoms with E-state index in [1.54, 1.807) is 30.3 Å². The molecule has 0 saturated heterocycles. The maximum atomic E-state index is 14.6. The first-order valence-electron chi connectivity index (χ1n) is 20.5. The van der Waals surface area contributed by atoms with Crippen LogP contribution in [-0.2, 0) is 28.7 Å². The summed E-state index contributed by atoms with van der Waals surface area (Å²) in [6.07, 6.45) is -0.841. The molecule has 9 rings (SSSR count). The number of nitrogens with one attached hydrogen (secondary N) is 1. The van der Waals surface area contributed by atoms with Crippen molar-refractivity contribution >= 4 is 46.6 Å². The highest BCUT2D eigenvalue weighted by molar-refractivity contribution is 6.29. The van der Waals surface area contributed by atoms with E-state index in [4.69, 9.17) is 21.9 Å². The van der Waals surface area contributed by atoms with Crippen LogP contribution < -0.4 is 22.5 Å². The number of benzene rings is 3. The summed E-state index contributed by atoms with van der Waals surface area (Å²) in [4.78, 5) is 96.4. The Morgan fingerprint density at radius 1 is 0.682 bits per heavy atom. The number of phenolic OH excluding ortho intramolecular Hbond substituents is 2. The van der Waals surface area contributed by atoms with Crippen LogP contribution in [0.1, 0.15) is 62.1 Å². The Labute approximate surface area is 371 Å². The van der Waals surface area contributed by atoms with Crippen LogP contribution in [0.4, 0.5) is 5.69 Å². The number of nitrogens with two attached hydrogens (primary N) is 3. The van der Waals surface area contributed by atoms with Crippen molar-refractivity contribution in [1.29, 1.82) is 0 Å². The molecule has 3 aromatic carbocycles. The van der Waals surface area contributed by atoms with Gasteiger partial charge in [0.2, 0.25) is 11.6 Å². The second kappa shape index (κ2) is 14.7. The third-order valence-electron chi connectivity index (χ3n) is 14.3. The Kier molecular flexibility index (Phi) is 9.70. The first kappa shape index (κ1) is 43.6. The summed E-state index contributed by atoms with van der Waals surface area (Å²) in [6.45, 7) is 0. The normalized spacial score (nSPS) is 31.3. The number of rotatable bonds is 5. The van der Waals surface area contributed by atoms with Crippen molar-refractivity contribution in [2.24, 2.45) is 40.9 Å². The SMILES string of the molecule is COC(=O)[C@@H]1c2cccc(O)c2C(=O)C2=C(O)[C@]3(O)C(=O)C(C(=O)Nc4ccc5c(c4O)C(=O)C4=C(O)[C@]6(O)C(=O)C(C(N)=O)=C(O)[C@@H](N)[C@@H]6C[C@@H]4[C@@H]5c4ccccc4)=C(O)[C@@H](N)[C@@H]3C[C@@H]21. The fourth-order valence-corrected chi connectivity index (χ4v) is 11.2. The predicted molar refractivity (Wildman–Crippen MR) is 223 cm³/mol. The lowest BCUT2D eigenvalue weighted by Crippen LogP contribution is -2.63. The molecule has 0 fully saturated rings. The van der Waals surface area contributed by atoms with E-state index >= 15 is 0 Å². The molecule has 6 aliphatic carbocycles. The fourth-order valence-electron chi connectivity index (χ4n) is 11.2. The molecule has 0 aliphatic heterocycles. The third kappa shape index (κ3) is 5.49. The highest BCUT2D eigenvalue weighted by atomic mass is 16.5. The lowest BCUT2D eigenvalue weighted by atomic mass is 9.56. The Morgan fingerprint density at radius 2 is 1.23 bits per heavy atom. The van der Waals surface area contributed by atoms with Gasteiger partial charge in [-0.25, -0.2) is 0 Å². The molecule has 20 heteroatoms. The molecule has 0 aromatic heterocycles. The van der Waals surface area contributed by atoms with E-state index in [1.807, 2.05) is 0 Å². The molecule has 15 N–H and O–H groups in total. The van der Waals surface area contributed by atoms with E-state index in [2.05, 4.69) is 5.32 Å². The Morgan fingerprint density at radius 3 is 1.82 bits per heavy atom. The van der Waals surface area contributed by atoms with E-state index < -0.39 is 180 Å². The molecule has 0 saturated carbocycles. The van der Waals surface area contributed by atoms with E-state index in [1.165, 1.54) is 18.2 Å². The monoisotopic (exact) mass is 904 g/mol. The minimum absolute atomic E-state index is 0.0275. The lowest BCUT2D eigenvalue weighted by molar-refractivity contribution is -0.148. The molecule has 340 valence electrons. The van der Waals surface area contributed by atoms with Crippen molar-refractivity contribution in [2.45, 2.75) is 48.0 Å². The maximum Gasteiger partial charge on any atom is 0.313 e. The number of aliphatic hydroxyl groups excluding tert-OH is 4. The minimum Gasteiger partial charge on any atom is -0.510 e. The van der Waals surface area contributed by atoms with Gasteiger partial charge in [0.1, 0.15) is 39.9 Å². The molecular weight excluding hydrogens is 865 g/mol. The molecule has 10 atom stereocenters.